The van der Waals surface area contributed by atoms with E-state index in [1.165, 1.54) is 70.6 Å². The zero-order valence-electron chi connectivity index (χ0n) is 27.5. The molecule has 45 heavy (non-hydrogen) atoms. The molecule has 0 aliphatic rings. The van der Waals surface area contributed by atoms with Gasteiger partial charge in [0.2, 0.25) is 5.91 Å². The Labute approximate surface area is 280 Å². The molecule has 1 amide bonds. The number of pyridine rings is 1. The summed E-state index contributed by atoms with van der Waals surface area (Å²) in [6.45, 7) is 5.01. The van der Waals surface area contributed by atoms with Gasteiger partial charge in [0.15, 0.2) is 11.5 Å². The molecule has 0 bridgehead atoms. The summed E-state index contributed by atoms with van der Waals surface area (Å²) in [5.41, 5.74) is 4.02. The zero-order valence-corrected chi connectivity index (χ0v) is 29.2. The molecule has 7 heteroatoms. The van der Waals surface area contributed by atoms with Crippen molar-refractivity contribution in [2.24, 2.45) is 0 Å². The highest BCUT2D eigenvalue weighted by Crippen LogP contribution is 2.30. The molecule has 0 radical (unpaired) electrons. The van der Waals surface area contributed by atoms with Gasteiger partial charge in [0.05, 0.1) is 32.0 Å². The molecule has 4 rings (SSSR count). The van der Waals surface area contributed by atoms with Crippen molar-refractivity contribution in [3.05, 3.63) is 90.0 Å². The summed E-state index contributed by atoms with van der Waals surface area (Å²) in [7, 11) is 1.67. The second-order valence-corrected chi connectivity index (χ2v) is 11.8. The van der Waals surface area contributed by atoms with E-state index in [4.69, 9.17) is 9.47 Å². The minimum Gasteiger partial charge on any atom is -0.493 e. The van der Waals surface area contributed by atoms with Crippen LogP contribution in [0.4, 0.5) is 5.69 Å². The maximum atomic E-state index is 12.8. The van der Waals surface area contributed by atoms with E-state index < -0.39 is 0 Å². The predicted molar refractivity (Wildman–Crippen MR) is 191 cm³/mol. The minimum absolute atomic E-state index is 0. The lowest BCUT2D eigenvalue weighted by atomic mass is 10.1. The van der Waals surface area contributed by atoms with E-state index in [1.807, 2.05) is 60.9 Å². The summed E-state index contributed by atoms with van der Waals surface area (Å²) in [6, 6.07) is 20.2. The fraction of sp³-hybridized carbons (Fsp3) is 0.474. The zero-order chi connectivity index (χ0) is 31.0. The summed E-state index contributed by atoms with van der Waals surface area (Å²) >= 11 is 0. The second-order valence-electron chi connectivity index (χ2n) is 11.8. The number of fused-ring (bicyclic) bond motifs is 1. The van der Waals surface area contributed by atoms with Gasteiger partial charge in [0, 0.05) is 25.2 Å². The molecule has 2 aromatic carbocycles. The van der Waals surface area contributed by atoms with Crippen LogP contribution >= 0.6 is 17.0 Å². The summed E-state index contributed by atoms with van der Waals surface area (Å²) in [4.78, 5) is 19.2. The molecule has 2 aromatic heterocycles. The largest absolute Gasteiger partial charge is 0.493 e. The number of unbranched alkanes of at least 4 members (excludes halogenated alkanes) is 11. The van der Waals surface area contributed by atoms with Gasteiger partial charge in [0.25, 0.3) is 0 Å². The lowest BCUT2D eigenvalue weighted by Gasteiger charge is -2.23. The third-order valence-electron chi connectivity index (χ3n) is 8.30. The third-order valence-corrected chi connectivity index (χ3v) is 8.30. The number of ether oxygens (including phenoxy) is 2. The van der Waals surface area contributed by atoms with E-state index in [2.05, 4.69) is 28.4 Å². The Balaban J connectivity index is 0.00000552. The fourth-order valence-electron chi connectivity index (χ4n) is 5.77. The molecule has 0 atom stereocenters. The smallest absolute Gasteiger partial charge is 0.224 e. The van der Waals surface area contributed by atoms with Gasteiger partial charge in [-0.15, -0.1) is 17.0 Å². The normalized spacial score (nSPS) is 10.9. The van der Waals surface area contributed by atoms with Gasteiger partial charge >= 0.3 is 0 Å². The number of hydrogen-bond donors (Lipinski definition) is 0. The van der Waals surface area contributed by atoms with E-state index in [-0.39, 0.29) is 22.9 Å². The molecule has 0 unspecified atom stereocenters. The molecule has 0 spiro atoms. The van der Waals surface area contributed by atoms with Crippen LogP contribution in [0.25, 0.3) is 5.52 Å². The second kappa shape index (κ2) is 19.9. The molecule has 0 fully saturated rings. The van der Waals surface area contributed by atoms with Crippen molar-refractivity contribution >= 4 is 34.1 Å². The average Bonchev–Trinajstić information content (AvgIpc) is 3.45. The number of aromatic nitrogens is 2. The first-order chi connectivity index (χ1) is 21.6. The average molecular weight is 679 g/mol. The van der Waals surface area contributed by atoms with Crippen LogP contribution in [-0.4, -0.2) is 29.0 Å². The topological polar surface area (TPSA) is 56.1 Å². The van der Waals surface area contributed by atoms with Crippen LogP contribution in [0.1, 0.15) is 108 Å². The molecule has 0 aliphatic carbocycles. The van der Waals surface area contributed by atoms with Crippen LogP contribution in [-0.2, 0) is 17.8 Å². The first-order valence-electron chi connectivity index (χ1n) is 16.7. The van der Waals surface area contributed by atoms with Crippen molar-refractivity contribution in [3.63, 3.8) is 0 Å². The molecule has 0 saturated heterocycles. The first kappa shape index (κ1) is 36.2. The number of carbonyl (C=O) groups is 1. The molecular weight excluding hydrogens is 626 g/mol. The van der Waals surface area contributed by atoms with Gasteiger partial charge in [-0.2, -0.15) is 0 Å². The van der Waals surface area contributed by atoms with Crippen molar-refractivity contribution in [1.82, 2.24) is 9.38 Å². The van der Waals surface area contributed by atoms with Crippen LogP contribution in [0.2, 0.25) is 0 Å². The van der Waals surface area contributed by atoms with E-state index >= 15 is 0 Å². The number of nitrogens with zero attached hydrogens (tertiary/aromatic N) is 3. The number of carbonyl (C=O) groups excluding carboxylic acids is 1. The van der Waals surface area contributed by atoms with Gasteiger partial charge in [-0.3, -0.25) is 4.79 Å². The van der Waals surface area contributed by atoms with E-state index in [1.54, 1.807) is 18.9 Å². The van der Waals surface area contributed by atoms with Crippen molar-refractivity contribution < 1.29 is 14.3 Å². The summed E-state index contributed by atoms with van der Waals surface area (Å²) in [6.07, 6.45) is 20.5. The van der Waals surface area contributed by atoms with Gasteiger partial charge < -0.3 is 18.8 Å². The number of methoxy groups -OCH3 is 1. The molecular formula is C38H52BrN3O3. The number of halogens is 1. The lowest BCUT2D eigenvalue weighted by Crippen LogP contribution is -2.27. The Hall–Kier alpha value is -3.32. The van der Waals surface area contributed by atoms with Crippen LogP contribution in [0, 0.1) is 0 Å². The van der Waals surface area contributed by atoms with Crippen LogP contribution in [0.5, 0.6) is 11.5 Å². The summed E-state index contributed by atoms with van der Waals surface area (Å²) in [5, 5.41) is 0. The van der Waals surface area contributed by atoms with Crippen LogP contribution in [0.3, 0.4) is 0 Å². The summed E-state index contributed by atoms with van der Waals surface area (Å²) < 4.78 is 13.9. The standard InChI is InChI=1S/C38H51N3O3.BrH/c1-4-5-6-7-8-9-10-11-12-13-14-17-25-44-36-23-22-33(27-37(36)43-3)30-41(31(2)42)34-21-18-19-32(26-34)28-38-39-29-35-20-15-16-24-40(35)38;/h15-16,18-24,26-27,29H,4-14,17,25,28,30H2,1-3H3;1H. The number of amides is 1. The Morgan fingerprint density at radius 2 is 1.51 bits per heavy atom. The maximum Gasteiger partial charge on any atom is 0.224 e. The van der Waals surface area contributed by atoms with E-state index in [0.717, 1.165) is 40.3 Å². The minimum atomic E-state index is -0.0142. The Morgan fingerprint density at radius 1 is 0.800 bits per heavy atom. The van der Waals surface area contributed by atoms with Gasteiger partial charge in [-0.25, -0.2) is 4.98 Å². The Morgan fingerprint density at radius 3 is 2.20 bits per heavy atom. The quantitative estimate of drug-likeness (QED) is 0.0874. The van der Waals surface area contributed by atoms with E-state index in [0.29, 0.717) is 25.3 Å². The molecule has 0 aliphatic heterocycles. The van der Waals surface area contributed by atoms with Crippen LogP contribution < -0.4 is 14.4 Å². The molecule has 6 nitrogen and oxygen atoms in total. The highest BCUT2D eigenvalue weighted by Gasteiger charge is 2.15. The van der Waals surface area contributed by atoms with Crippen molar-refractivity contribution in [2.75, 3.05) is 18.6 Å². The van der Waals surface area contributed by atoms with Crippen molar-refractivity contribution in [2.45, 2.75) is 104 Å². The number of anilines is 1. The highest BCUT2D eigenvalue weighted by molar-refractivity contribution is 8.93. The van der Waals surface area contributed by atoms with Crippen LogP contribution in [0.15, 0.2) is 73.1 Å². The Bertz CT molecular complexity index is 1440. The fourth-order valence-corrected chi connectivity index (χ4v) is 5.77. The first-order valence-corrected chi connectivity index (χ1v) is 16.7. The Kier molecular flexibility index (Phi) is 16.0. The van der Waals surface area contributed by atoms with E-state index in [9.17, 15) is 4.79 Å². The number of rotatable bonds is 20. The van der Waals surface area contributed by atoms with Crippen molar-refractivity contribution in [3.8, 4) is 11.5 Å². The van der Waals surface area contributed by atoms with Gasteiger partial charge in [-0.1, -0.05) is 102 Å². The van der Waals surface area contributed by atoms with Gasteiger partial charge in [-0.05, 0) is 53.9 Å². The number of imidazole rings is 1. The van der Waals surface area contributed by atoms with Crippen molar-refractivity contribution in [1.29, 1.82) is 0 Å². The monoisotopic (exact) mass is 677 g/mol. The SMILES string of the molecule is Br.CCCCCCCCCCCCCCOc1ccc(CN(C(C)=O)c2cccc(Cc3ncc4ccccn34)c2)cc1OC. The number of hydrogen-bond acceptors (Lipinski definition) is 4. The third kappa shape index (κ3) is 11.5. The highest BCUT2D eigenvalue weighted by atomic mass is 79.9. The molecule has 4 aromatic rings. The molecule has 244 valence electrons. The molecule has 0 saturated carbocycles. The molecule has 0 N–H and O–H groups in total. The number of benzene rings is 2. The molecule has 2 heterocycles. The van der Waals surface area contributed by atoms with Gasteiger partial charge in [0.1, 0.15) is 5.82 Å². The summed E-state index contributed by atoms with van der Waals surface area (Å²) in [5.74, 6) is 2.41. The lowest BCUT2D eigenvalue weighted by molar-refractivity contribution is -0.116. The maximum absolute atomic E-state index is 12.8. The predicted octanol–water partition coefficient (Wildman–Crippen LogP) is 10.1.